The molecule has 19 heavy (non-hydrogen) atoms. The molecule has 1 fully saturated rings. The number of carbonyl (C=O) groups excluding carboxylic acids is 1. The molecule has 1 aromatic carbocycles. The topological polar surface area (TPSA) is 57.6 Å². The van der Waals surface area contributed by atoms with Gasteiger partial charge < -0.3 is 10.0 Å². The van der Waals surface area contributed by atoms with Gasteiger partial charge in [0.1, 0.15) is 0 Å². The fourth-order valence-corrected chi connectivity index (χ4v) is 2.87. The molecule has 1 aliphatic rings. The summed E-state index contributed by atoms with van der Waals surface area (Å²) in [5, 5.41) is 9.40. The van der Waals surface area contributed by atoms with Crippen LogP contribution in [0, 0.1) is 5.92 Å². The van der Waals surface area contributed by atoms with E-state index < -0.39 is 11.9 Å². The second-order valence-electron chi connectivity index (χ2n) is 4.99. The SMILES string of the molecule is CCc1ccccc1C1C(C(=O)O)CCC(=O)N1C. The van der Waals surface area contributed by atoms with Crippen LogP contribution in [-0.2, 0) is 16.0 Å². The Morgan fingerprint density at radius 3 is 2.74 bits per heavy atom. The third kappa shape index (κ3) is 2.48. The summed E-state index contributed by atoms with van der Waals surface area (Å²) in [6.45, 7) is 2.04. The largest absolute Gasteiger partial charge is 0.481 e. The van der Waals surface area contributed by atoms with Crippen LogP contribution in [0.5, 0.6) is 0 Å². The van der Waals surface area contributed by atoms with Gasteiger partial charge in [0.05, 0.1) is 12.0 Å². The Hall–Kier alpha value is -1.84. The quantitative estimate of drug-likeness (QED) is 0.907. The van der Waals surface area contributed by atoms with Crippen LogP contribution in [0.4, 0.5) is 0 Å². The molecule has 0 radical (unpaired) electrons. The Morgan fingerprint density at radius 1 is 1.42 bits per heavy atom. The molecule has 1 aromatic rings. The Bertz CT molecular complexity index is 498. The lowest BCUT2D eigenvalue weighted by molar-refractivity contribution is -0.150. The normalized spacial score (nSPS) is 23.5. The summed E-state index contributed by atoms with van der Waals surface area (Å²) in [7, 11) is 1.70. The number of aliphatic carboxylic acids is 1. The molecule has 1 heterocycles. The maximum atomic E-state index is 11.9. The van der Waals surface area contributed by atoms with Gasteiger partial charge in [0.25, 0.3) is 0 Å². The third-order valence-corrected chi connectivity index (χ3v) is 3.93. The average molecular weight is 261 g/mol. The van der Waals surface area contributed by atoms with E-state index in [1.807, 2.05) is 31.2 Å². The van der Waals surface area contributed by atoms with Crippen LogP contribution in [0.1, 0.15) is 36.9 Å². The van der Waals surface area contributed by atoms with E-state index in [0.717, 1.165) is 17.5 Å². The lowest BCUT2D eigenvalue weighted by Crippen LogP contribution is -2.43. The summed E-state index contributed by atoms with van der Waals surface area (Å²) in [6, 6.07) is 7.44. The molecule has 0 aliphatic carbocycles. The van der Waals surface area contributed by atoms with Crippen molar-refractivity contribution >= 4 is 11.9 Å². The molecule has 1 saturated heterocycles. The van der Waals surface area contributed by atoms with E-state index in [1.165, 1.54) is 0 Å². The van der Waals surface area contributed by atoms with Crippen LogP contribution in [0.3, 0.4) is 0 Å². The van der Waals surface area contributed by atoms with Gasteiger partial charge in [-0.2, -0.15) is 0 Å². The summed E-state index contributed by atoms with van der Waals surface area (Å²) in [5.74, 6) is -1.32. The van der Waals surface area contributed by atoms with Gasteiger partial charge in [0.2, 0.25) is 5.91 Å². The number of piperidine rings is 1. The van der Waals surface area contributed by atoms with E-state index in [9.17, 15) is 14.7 Å². The van der Waals surface area contributed by atoms with E-state index in [0.29, 0.717) is 12.8 Å². The van der Waals surface area contributed by atoms with Gasteiger partial charge in [0, 0.05) is 13.5 Å². The second kappa shape index (κ2) is 5.43. The number of carboxylic acids is 1. The zero-order valence-corrected chi connectivity index (χ0v) is 11.3. The first kappa shape index (κ1) is 13.6. The number of hydrogen-bond acceptors (Lipinski definition) is 2. The molecule has 2 rings (SSSR count). The third-order valence-electron chi connectivity index (χ3n) is 3.93. The predicted molar refractivity (Wildman–Crippen MR) is 71.7 cm³/mol. The molecule has 0 aromatic heterocycles. The van der Waals surface area contributed by atoms with E-state index in [4.69, 9.17) is 0 Å². The molecule has 2 atom stereocenters. The first-order valence-corrected chi connectivity index (χ1v) is 6.62. The second-order valence-corrected chi connectivity index (χ2v) is 4.99. The van der Waals surface area contributed by atoms with Crippen molar-refractivity contribution in [2.45, 2.75) is 32.2 Å². The highest BCUT2D eigenvalue weighted by molar-refractivity contribution is 5.81. The number of carbonyl (C=O) groups is 2. The lowest BCUT2D eigenvalue weighted by atomic mass is 9.82. The maximum absolute atomic E-state index is 11.9. The average Bonchev–Trinajstić information content (AvgIpc) is 2.41. The van der Waals surface area contributed by atoms with Crippen LogP contribution in [0.25, 0.3) is 0 Å². The molecule has 1 N–H and O–H groups in total. The van der Waals surface area contributed by atoms with Crippen molar-refractivity contribution in [1.29, 1.82) is 0 Å². The van der Waals surface area contributed by atoms with Crippen molar-refractivity contribution in [2.75, 3.05) is 7.05 Å². The van der Waals surface area contributed by atoms with E-state index in [1.54, 1.807) is 11.9 Å². The smallest absolute Gasteiger partial charge is 0.308 e. The van der Waals surface area contributed by atoms with Crippen LogP contribution in [0.15, 0.2) is 24.3 Å². The van der Waals surface area contributed by atoms with Gasteiger partial charge in [-0.15, -0.1) is 0 Å². The molecule has 0 saturated carbocycles. The van der Waals surface area contributed by atoms with E-state index in [-0.39, 0.29) is 11.9 Å². The Kier molecular flexibility index (Phi) is 3.88. The molecule has 1 amide bonds. The van der Waals surface area contributed by atoms with E-state index >= 15 is 0 Å². The van der Waals surface area contributed by atoms with Gasteiger partial charge >= 0.3 is 5.97 Å². The van der Waals surface area contributed by atoms with Crippen molar-refractivity contribution in [2.24, 2.45) is 5.92 Å². The lowest BCUT2D eigenvalue weighted by Gasteiger charge is -2.38. The fraction of sp³-hybridized carbons (Fsp3) is 0.467. The first-order chi connectivity index (χ1) is 9.06. The van der Waals surface area contributed by atoms with Crippen molar-refractivity contribution in [3.05, 3.63) is 35.4 Å². The summed E-state index contributed by atoms with van der Waals surface area (Å²) in [4.78, 5) is 24.9. The zero-order valence-electron chi connectivity index (χ0n) is 11.3. The number of carboxylic acid groups (broad SMARTS) is 1. The summed E-state index contributed by atoms with van der Waals surface area (Å²) < 4.78 is 0. The summed E-state index contributed by atoms with van der Waals surface area (Å²) in [6.07, 6.45) is 1.57. The minimum atomic E-state index is -0.824. The van der Waals surface area contributed by atoms with Crippen molar-refractivity contribution in [3.63, 3.8) is 0 Å². The van der Waals surface area contributed by atoms with Gasteiger partial charge in [-0.25, -0.2) is 0 Å². The summed E-state index contributed by atoms with van der Waals surface area (Å²) in [5.41, 5.74) is 2.08. The molecular formula is C15H19NO3. The Balaban J connectivity index is 2.46. The number of nitrogens with zero attached hydrogens (tertiary/aromatic N) is 1. The standard InChI is InChI=1S/C15H19NO3/c1-3-10-6-4-5-7-11(10)14-12(15(18)19)8-9-13(17)16(14)2/h4-7,12,14H,3,8-9H2,1-2H3,(H,18,19). The highest BCUT2D eigenvalue weighted by atomic mass is 16.4. The Labute approximate surface area is 113 Å². The van der Waals surface area contributed by atoms with Gasteiger partial charge in [0.15, 0.2) is 0 Å². The molecule has 1 aliphatic heterocycles. The highest BCUT2D eigenvalue weighted by Gasteiger charge is 2.39. The number of likely N-dealkylation sites (tertiary alicyclic amines) is 1. The predicted octanol–water partition coefficient (Wildman–Crippen LogP) is 2.24. The van der Waals surface area contributed by atoms with Gasteiger partial charge in [-0.3, -0.25) is 9.59 Å². The number of rotatable bonds is 3. The number of aryl methyl sites for hydroxylation is 1. The fourth-order valence-electron chi connectivity index (χ4n) is 2.87. The monoisotopic (exact) mass is 261 g/mol. The first-order valence-electron chi connectivity index (χ1n) is 6.62. The van der Waals surface area contributed by atoms with Crippen LogP contribution in [0.2, 0.25) is 0 Å². The van der Waals surface area contributed by atoms with Gasteiger partial charge in [-0.1, -0.05) is 31.2 Å². The summed E-state index contributed by atoms with van der Waals surface area (Å²) >= 11 is 0. The minimum Gasteiger partial charge on any atom is -0.481 e. The van der Waals surface area contributed by atoms with Crippen molar-refractivity contribution in [3.8, 4) is 0 Å². The maximum Gasteiger partial charge on any atom is 0.308 e. The van der Waals surface area contributed by atoms with Crippen LogP contribution < -0.4 is 0 Å². The molecule has 0 spiro atoms. The number of hydrogen-bond donors (Lipinski definition) is 1. The molecule has 4 nitrogen and oxygen atoms in total. The van der Waals surface area contributed by atoms with Crippen molar-refractivity contribution in [1.82, 2.24) is 4.90 Å². The molecule has 4 heteroatoms. The van der Waals surface area contributed by atoms with Gasteiger partial charge in [-0.05, 0) is 24.0 Å². The zero-order chi connectivity index (χ0) is 14.0. The molecule has 0 bridgehead atoms. The van der Waals surface area contributed by atoms with Crippen LogP contribution >= 0.6 is 0 Å². The highest BCUT2D eigenvalue weighted by Crippen LogP contribution is 2.37. The molecule has 2 unspecified atom stereocenters. The van der Waals surface area contributed by atoms with Crippen LogP contribution in [-0.4, -0.2) is 28.9 Å². The van der Waals surface area contributed by atoms with Crippen molar-refractivity contribution < 1.29 is 14.7 Å². The molecular weight excluding hydrogens is 242 g/mol. The Morgan fingerprint density at radius 2 is 2.11 bits per heavy atom. The minimum absolute atomic E-state index is 0.0217. The molecule has 102 valence electrons. The number of amides is 1. The van der Waals surface area contributed by atoms with E-state index in [2.05, 4.69) is 0 Å². The number of benzene rings is 1.